The van der Waals surface area contributed by atoms with E-state index in [1.165, 1.54) is 24.3 Å². The first-order valence-electron chi connectivity index (χ1n) is 7.87. The number of nitrogens with zero attached hydrogens (tertiary/aromatic N) is 2. The van der Waals surface area contributed by atoms with E-state index in [1.54, 1.807) is 24.3 Å². The van der Waals surface area contributed by atoms with Gasteiger partial charge in [0.1, 0.15) is 23.2 Å². The Morgan fingerprint density at radius 2 is 2.04 bits per heavy atom. The predicted octanol–water partition coefficient (Wildman–Crippen LogP) is 3.16. The fraction of sp³-hybridized carbons (Fsp3) is 0.0526. The highest BCUT2D eigenvalue weighted by molar-refractivity contribution is 14.1. The van der Waals surface area contributed by atoms with Crippen molar-refractivity contribution < 1.29 is 18.7 Å². The van der Waals surface area contributed by atoms with Gasteiger partial charge in [0, 0.05) is 0 Å². The molecule has 0 aromatic heterocycles. The molecule has 2 aromatic rings. The molecule has 0 radical (unpaired) electrons. The summed E-state index contributed by atoms with van der Waals surface area (Å²) in [7, 11) is 0. The minimum absolute atomic E-state index is 0.0433. The smallest absolute Gasteiger partial charge is 0.270 e. The number of carbonyl (C=O) groups is 2. The van der Waals surface area contributed by atoms with Gasteiger partial charge in [0.05, 0.1) is 9.26 Å². The minimum Gasteiger partial charge on any atom is -0.478 e. The molecular formula is C19H11FIN3O3S. The molecule has 0 atom stereocenters. The minimum atomic E-state index is -0.723. The van der Waals surface area contributed by atoms with Gasteiger partial charge in [0.15, 0.2) is 11.7 Å². The van der Waals surface area contributed by atoms with E-state index in [-0.39, 0.29) is 23.0 Å². The van der Waals surface area contributed by atoms with Gasteiger partial charge in [-0.3, -0.25) is 14.9 Å². The quantitative estimate of drug-likeness (QED) is 0.298. The molecule has 0 aliphatic carbocycles. The van der Waals surface area contributed by atoms with Crippen LogP contribution in [0, 0.1) is 20.7 Å². The first kappa shape index (κ1) is 19.9. The van der Waals surface area contributed by atoms with Gasteiger partial charge >= 0.3 is 0 Å². The highest BCUT2D eigenvalue weighted by Crippen LogP contribution is 2.26. The number of thiocarbonyl (C=S) groups is 1. The zero-order chi connectivity index (χ0) is 20.3. The Morgan fingerprint density at radius 3 is 2.71 bits per heavy atom. The third-order valence-electron chi connectivity index (χ3n) is 3.75. The fourth-order valence-corrected chi connectivity index (χ4v) is 3.48. The molecule has 1 aliphatic rings. The van der Waals surface area contributed by atoms with Crippen molar-refractivity contribution in [1.82, 2.24) is 5.32 Å². The van der Waals surface area contributed by atoms with Gasteiger partial charge in [0.2, 0.25) is 0 Å². The van der Waals surface area contributed by atoms with Gasteiger partial charge in [-0.1, -0.05) is 18.2 Å². The summed E-state index contributed by atoms with van der Waals surface area (Å²) in [6.07, 6.45) is 1.39. The molecule has 0 spiro atoms. The predicted molar refractivity (Wildman–Crippen MR) is 113 cm³/mol. The second-order valence-electron chi connectivity index (χ2n) is 5.55. The molecule has 6 nitrogen and oxygen atoms in total. The third kappa shape index (κ3) is 4.02. The van der Waals surface area contributed by atoms with Crippen LogP contribution in [0.15, 0.2) is 48.0 Å². The van der Waals surface area contributed by atoms with E-state index in [4.69, 9.17) is 22.2 Å². The SMILES string of the molecule is N#CCOc1ccc(/C=C2\C(=O)NC(=S)N(c3ccccc3F)C2=O)cc1I. The molecule has 2 aromatic carbocycles. The number of hydrogen-bond acceptors (Lipinski definition) is 5. The molecule has 3 rings (SSSR count). The number of carbonyl (C=O) groups excluding carboxylic acids is 2. The zero-order valence-corrected chi connectivity index (χ0v) is 17.1. The van der Waals surface area contributed by atoms with E-state index in [2.05, 4.69) is 5.32 Å². The van der Waals surface area contributed by atoms with Crippen molar-refractivity contribution in [3.8, 4) is 11.8 Å². The summed E-state index contributed by atoms with van der Waals surface area (Å²) in [5, 5.41) is 10.8. The maximum Gasteiger partial charge on any atom is 0.270 e. The van der Waals surface area contributed by atoms with Crippen LogP contribution in [0.3, 0.4) is 0 Å². The van der Waals surface area contributed by atoms with Crippen molar-refractivity contribution >= 4 is 63.5 Å². The number of nitrogens with one attached hydrogen (secondary N) is 1. The van der Waals surface area contributed by atoms with Crippen LogP contribution in [0.2, 0.25) is 0 Å². The molecule has 1 N–H and O–H groups in total. The number of rotatable bonds is 4. The van der Waals surface area contributed by atoms with E-state index in [9.17, 15) is 14.0 Å². The molecule has 9 heteroatoms. The lowest BCUT2D eigenvalue weighted by atomic mass is 10.1. The lowest BCUT2D eigenvalue weighted by Crippen LogP contribution is -2.54. The van der Waals surface area contributed by atoms with Crippen LogP contribution in [0.5, 0.6) is 5.75 Å². The maximum atomic E-state index is 14.1. The summed E-state index contributed by atoms with van der Waals surface area (Å²) in [5.74, 6) is -1.51. The van der Waals surface area contributed by atoms with Gasteiger partial charge in [-0.2, -0.15) is 5.26 Å². The van der Waals surface area contributed by atoms with Crippen molar-refractivity contribution in [2.24, 2.45) is 0 Å². The molecule has 1 heterocycles. The zero-order valence-electron chi connectivity index (χ0n) is 14.1. The molecule has 0 saturated carbocycles. The normalized spacial score (nSPS) is 15.4. The van der Waals surface area contributed by atoms with Gasteiger partial charge in [-0.05, 0) is 70.7 Å². The summed E-state index contributed by atoms with van der Waals surface area (Å²) in [4.78, 5) is 26.1. The van der Waals surface area contributed by atoms with Crippen molar-refractivity contribution in [3.05, 3.63) is 63.0 Å². The van der Waals surface area contributed by atoms with Gasteiger partial charge in [0.25, 0.3) is 11.8 Å². The van der Waals surface area contributed by atoms with E-state index in [1.807, 2.05) is 28.7 Å². The average Bonchev–Trinajstić information content (AvgIpc) is 2.66. The van der Waals surface area contributed by atoms with E-state index in [0.29, 0.717) is 14.9 Å². The summed E-state index contributed by atoms with van der Waals surface area (Å²) in [5.41, 5.74) is 0.338. The Balaban J connectivity index is 1.97. The number of anilines is 1. The number of para-hydroxylation sites is 1. The van der Waals surface area contributed by atoms with Crippen LogP contribution in [-0.4, -0.2) is 23.5 Å². The number of benzene rings is 2. The Kier molecular flexibility index (Phi) is 6.01. The number of amides is 2. The Labute approximate surface area is 178 Å². The number of hydrogen-bond donors (Lipinski definition) is 1. The highest BCUT2D eigenvalue weighted by atomic mass is 127. The van der Waals surface area contributed by atoms with Crippen LogP contribution in [0.1, 0.15) is 5.56 Å². The van der Waals surface area contributed by atoms with E-state index < -0.39 is 17.6 Å². The summed E-state index contributed by atoms with van der Waals surface area (Å²) in [6, 6.07) is 12.5. The molecular weight excluding hydrogens is 496 g/mol. The van der Waals surface area contributed by atoms with Gasteiger partial charge < -0.3 is 4.74 Å². The monoisotopic (exact) mass is 507 g/mol. The lowest BCUT2D eigenvalue weighted by molar-refractivity contribution is -0.122. The van der Waals surface area contributed by atoms with E-state index in [0.717, 1.165) is 4.90 Å². The van der Waals surface area contributed by atoms with Crippen LogP contribution in [0.4, 0.5) is 10.1 Å². The number of halogens is 2. The Bertz CT molecular complexity index is 1060. The standard InChI is InChI=1S/C19H11FIN3O3S/c20-13-3-1-2-4-15(13)24-18(26)12(17(25)23-19(24)28)9-11-5-6-16(14(21)10-11)27-8-7-22/h1-6,9-10H,8H2,(H,23,25,28)/b12-9+. The van der Waals surface area contributed by atoms with Crippen LogP contribution in [-0.2, 0) is 9.59 Å². The van der Waals surface area contributed by atoms with Crippen LogP contribution < -0.4 is 15.0 Å². The molecule has 140 valence electrons. The average molecular weight is 507 g/mol. The highest BCUT2D eigenvalue weighted by Gasteiger charge is 2.35. The second-order valence-corrected chi connectivity index (χ2v) is 7.09. The summed E-state index contributed by atoms with van der Waals surface area (Å²) in [6.45, 7) is -0.0909. The number of ether oxygens (including phenoxy) is 1. The second kappa shape index (κ2) is 8.45. The topological polar surface area (TPSA) is 82.4 Å². The maximum absolute atomic E-state index is 14.1. The molecule has 1 aliphatic heterocycles. The van der Waals surface area contributed by atoms with Crippen LogP contribution in [0.25, 0.3) is 6.08 Å². The molecule has 2 amide bonds. The summed E-state index contributed by atoms with van der Waals surface area (Å²) < 4.78 is 20.1. The van der Waals surface area contributed by atoms with Gasteiger partial charge in [-0.25, -0.2) is 9.29 Å². The van der Waals surface area contributed by atoms with E-state index >= 15 is 0 Å². The lowest BCUT2D eigenvalue weighted by Gasteiger charge is -2.29. The Hall–Kier alpha value is -2.84. The van der Waals surface area contributed by atoms with Crippen molar-refractivity contribution in [2.75, 3.05) is 11.5 Å². The molecule has 0 bridgehead atoms. The van der Waals surface area contributed by atoms with Crippen molar-refractivity contribution in [1.29, 1.82) is 5.26 Å². The molecule has 1 saturated heterocycles. The molecule has 1 fully saturated rings. The van der Waals surface area contributed by atoms with Gasteiger partial charge in [-0.15, -0.1) is 0 Å². The Morgan fingerprint density at radius 1 is 1.29 bits per heavy atom. The number of nitriles is 1. The van der Waals surface area contributed by atoms with Crippen molar-refractivity contribution in [3.63, 3.8) is 0 Å². The first-order valence-corrected chi connectivity index (χ1v) is 9.36. The fourth-order valence-electron chi connectivity index (χ4n) is 2.51. The molecule has 0 unspecified atom stereocenters. The molecule has 28 heavy (non-hydrogen) atoms. The first-order chi connectivity index (χ1) is 13.4. The largest absolute Gasteiger partial charge is 0.478 e. The van der Waals surface area contributed by atoms with Crippen LogP contribution >= 0.6 is 34.8 Å². The third-order valence-corrected chi connectivity index (χ3v) is 4.88. The van der Waals surface area contributed by atoms with Crippen molar-refractivity contribution in [2.45, 2.75) is 0 Å². The summed E-state index contributed by atoms with van der Waals surface area (Å²) >= 11 is 7.08.